The Hall–Kier alpha value is -0.900. The second kappa shape index (κ2) is 14.2. The minimum absolute atomic E-state index is 0. The molecule has 0 aliphatic rings. The van der Waals surface area contributed by atoms with Crippen molar-refractivity contribution in [2.24, 2.45) is 4.99 Å². The Morgan fingerprint density at radius 3 is 2.50 bits per heavy atom. The maximum Gasteiger partial charge on any atom is 0.224 e. The van der Waals surface area contributed by atoms with Crippen LogP contribution >= 0.6 is 39.9 Å². The second-order valence-corrected chi connectivity index (χ2v) is 6.36. The Balaban J connectivity index is 0.00000625. The Morgan fingerprint density at radius 2 is 1.92 bits per heavy atom. The lowest BCUT2D eigenvalue weighted by Gasteiger charge is -2.18. The van der Waals surface area contributed by atoms with Gasteiger partial charge in [-0.05, 0) is 60.8 Å². The van der Waals surface area contributed by atoms with Gasteiger partial charge in [-0.25, -0.2) is 4.39 Å². The maximum atomic E-state index is 13.2. The molecule has 0 saturated heterocycles. The normalized spacial score (nSPS) is 10.9. The number of hydrogen-bond donors (Lipinski definition) is 2. The predicted octanol–water partition coefficient (Wildman–Crippen LogP) is 3.56. The summed E-state index contributed by atoms with van der Waals surface area (Å²) >= 11 is 3.20. The summed E-state index contributed by atoms with van der Waals surface area (Å²) < 4.78 is 13.7. The van der Waals surface area contributed by atoms with Gasteiger partial charge in [0, 0.05) is 32.6 Å². The molecule has 0 heterocycles. The number of hydrogen-bond acceptors (Lipinski definition) is 2. The number of aliphatic imine (C=N–C) groups is 1. The summed E-state index contributed by atoms with van der Waals surface area (Å²) in [7, 11) is 0. The van der Waals surface area contributed by atoms with Gasteiger partial charge in [-0.2, -0.15) is 0 Å². The van der Waals surface area contributed by atoms with E-state index in [2.05, 4.69) is 31.6 Å². The highest BCUT2D eigenvalue weighted by atomic mass is 127. The van der Waals surface area contributed by atoms with E-state index in [0.717, 1.165) is 31.6 Å². The first kappa shape index (κ1) is 25.1. The molecule has 0 aromatic heterocycles. The van der Waals surface area contributed by atoms with Crippen LogP contribution in [0.5, 0.6) is 0 Å². The van der Waals surface area contributed by atoms with Crippen molar-refractivity contribution in [3.05, 3.63) is 34.1 Å². The van der Waals surface area contributed by atoms with Crippen LogP contribution in [0.2, 0.25) is 0 Å². The summed E-state index contributed by atoms with van der Waals surface area (Å²) in [5, 5.41) is 6.40. The minimum atomic E-state index is -0.260. The number of carbonyl (C=O) groups excluding carboxylic acids is 1. The van der Waals surface area contributed by atoms with Crippen molar-refractivity contribution in [3.63, 3.8) is 0 Å². The Morgan fingerprint density at radius 1 is 1.23 bits per heavy atom. The van der Waals surface area contributed by atoms with Gasteiger partial charge in [-0.1, -0.05) is 6.07 Å². The fraction of sp³-hybridized carbons (Fsp3) is 0.556. The van der Waals surface area contributed by atoms with Crippen LogP contribution < -0.4 is 10.6 Å². The van der Waals surface area contributed by atoms with Crippen molar-refractivity contribution in [3.8, 4) is 0 Å². The molecule has 2 N–H and O–H groups in total. The molecule has 1 aromatic carbocycles. The monoisotopic (exact) mass is 542 g/mol. The highest BCUT2D eigenvalue weighted by molar-refractivity contribution is 14.0. The number of halogens is 3. The summed E-state index contributed by atoms with van der Waals surface area (Å²) in [5.41, 5.74) is 1.04. The number of carbonyl (C=O) groups is 1. The van der Waals surface area contributed by atoms with Gasteiger partial charge in [0.05, 0.1) is 11.0 Å². The fourth-order valence-electron chi connectivity index (χ4n) is 2.36. The molecule has 1 aromatic rings. The SMILES string of the molecule is CCNC(=NCCC(=O)N(CC)CC)NCCc1ccc(F)c(Br)c1.I. The van der Waals surface area contributed by atoms with Gasteiger partial charge in [0.25, 0.3) is 0 Å². The van der Waals surface area contributed by atoms with Gasteiger partial charge in [0.15, 0.2) is 5.96 Å². The molecule has 0 spiro atoms. The van der Waals surface area contributed by atoms with Crippen LogP contribution in [0.4, 0.5) is 4.39 Å². The lowest BCUT2D eigenvalue weighted by atomic mass is 10.1. The van der Waals surface area contributed by atoms with Crippen LogP contribution in [0.15, 0.2) is 27.7 Å². The molecule has 0 radical (unpaired) electrons. The molecule has 0 atom stereocenters. The van der Waals surface area contributed by atoms with E-state index < -0.39 is 0 Å². The third-order valence-corrected chi connectivity index (χ3v) is 4.35. The van der Waals surface area contributed by atoms with Crippen LogP contribution in [0.1, 0.15) is 32.8 Å². The van der Waals surface area contributed by atoms with Crippen molar-refractivity contribution < 1.29 is 9.18 Å². The van der Waals surface area contributed by atoms with Crippen molar-refractivity contribution in [1.29, 1.82) is 0 Å². The van der Waals surface area contributed by atoms with Crippen molar-refractivity contribution in [2.75, 3.05) is 32.7 Å². The van der Waals surface area contributed by atoms with Gasteiger partial charge in [0.1, 0.15) is 5.82 Å². The van der Waals surface area contributed by atoms with Crippen LogP contribution in [0.3, 0.4) is 0 Å². The van der Waals surface area contributed by atoms with E-state index in [9.17, 15) is 9.18 Å². The molecule has 0 fully saturated rings. The standard InChI is InChI=1S/C18H28BrFN4O.HI/c1-4-21-18(23-12-10-17(25)24(5-2)6-3)22-11-9-14-7-8-16(20)15(19)13-14;/h7-8,13H,4-6,9-12H2,1-3H3,(H2,21,22,23);1H. The Kier molecular flexibility index (Phi) is 13.7. The quantitative estimate of drug-likeness (QED) is 0.285. The number of guanidine groups is 1. The average molecular weight is 543 g/mol. The smallest absolute Gasteiger partial charge is 0.224 e. The minimum Gasteiger partial charge on any atom is -0.357 e. The second-order valence-electron chi connectivity index (χ2n) is 5.50. The van der Waals surface area contributed by atoms with E-state index in [1.54, 1.807) is 12.1 Å². The third-order valence-electron chi connectivity index (χ3n) is 3.75. The molecule has 0 saturated carbocycles. The zero-order valence-electron chi connectivity index (χ0n) is 15.6. The van der Waals surface area contributed by atoms with Gasteiger partial charge < -0.3 is 15.5 Å². The van der Waals surface area contributed by atoms with E-state index in [1.807, 2.05) is 25.7 Å². The van der Waals surface area contributed by atoms with E-state index in [1.165, 1.54) is 6.07 Å². The van der Waals surface area contributed by atoms with Gasteiger partial charge in [-0.3, -0.25) is 9.79 Å². The summed E-state index contributed by atoms with van der Waals surface area (Å²) in [6.07, 6.45) is 1.16. The van der Waals surface area contributed by atoms with Crippen LogP contribution in [0.25, 0.3) is 0 Å². The van der Waals surface area contributed by atoms with Gasteiger partial charge in [-0.15, -0.1) is 24.0 Å². The lowest BCUT2D eigenvalue weighted by Crippen LogP contribution is -2.38. The first-order valence-corrected chi connectivity index (χ1v) is 9.54. The molecular formula is C18H29BrFIN4O. The summed E-state index contributed by atoms with van der Waals surface area (Å²) in [5.74, 6) is 0.557. The lowest BCUT2D eigenvalue weighted by molar-refractivity contribution is -0.130. The van der Waals surface area contributed by atoms with Crippen LogP contribution in [-0.4, -0.2) is 49.5 Å². The van der Waals surface area contributed by atoms with Crippen molar-refractivity contribution in [1.82, 2.24) is 15.5 Å². The highest BCUT2D eigenvalue weighted by Crippen LogP contribution is 2.16. The van der Waals surface area contributed by atoms with Gasteiger partial charge in [0.2, 0.25) is 5.91 Å². The average Bonchev–Trinajstić information content (AvgIpc) is 2.59. The Labute approximate surface area is 181 Å². The van der Waals surface area contributed by atoms with Gasteiger partial charge >= 0.3 is 0 Å². The molecule has 0 aliphatic heterocycles. The topological polar surface area (TPSA) is 56.7 Å². The summed E-state index contributed by atoms with van der Waals surface area (Å²) in [6, 6.07) is 5.01. The van der Waals surface area contributed by atoms with E-state index in [4.69, 9.17) is 0 Å². The summed E-state index contributed by atoms with van der Waals surface area (Å²) in [4.78, 5) is 18.2. The Bertz CT molecular complexity index is 582. The molecular weight excluding hydrogens is 514 g/mol. The molecule has 5 nitrogen and oxygen atoms in total. The first-order chi connectivity index (χ1) is 12.0. The molecule has 1 amide bonds. The van der Waals surface area contributed by atoms with E-state index in [0.29, 0.717) is 29.9 Å². The van der Waals surface area contributed by atoms with Crippen LogP contribution in [0, 0.1) is 5.82 Å². The third kappa shape index (κ3) is 9.16. The molecule has 26 heavy (non-hydrogen) atoms. The zero-order valence-corrected chi connectivity index (χ0v) is 19.6. The van der Waals surface area contributed by atoms with Crippen LogP contribution in [-0.2, 0) is 11.2 Å². The molecule has 148 valence electrons. The van der Waals surface area contributed by atoms with E-state index in [-0.39, 0.29) is 35.7 Å². The number of nitrogens with one attached hydrogen (secondary N) is 2. The molecule has 0 aliphatic carbocycles. The molecule has 8 heteroatoms. The zero-order chi connectivity index (χ0) is 18.7. The fourth-order valence-corrected chi connectivity index (χ4v) is 2.79. The number of amides is 1. The van der Waals surface area contributed by atoms with E-state index >= 15 is 0 Å². The summed E-state index contributed by atoms with van der Waals surface area (Å²) in [6.45, 7) is 9.28. The number of rotatable bonds is 9. The molecule has 0 bridgehead atoms. The number of nitrogens with zero attached hydrogens (tertiary/aromatic N) is 2. The number of benzene rings is 1. The molecule has 0 unspecified atom stereocenters. The van der Waals surface area contributed by atoms with Crippen molar-refractivity contribution in [2.45, 2.75) is 33.6 Å². The predicted molar refractivity (Wildman–Crippen MR) is 120 cm³/mol. The molecule has 1 rings (SSSR count). The highest BCUT2D eigenvalue weighted by Gasteiger charge is 2.08. The maximum absolute atomic E-state index is 13.2. The first-order valence-electron chi connectivity index (χ1n) is 8.75. The van der Waals surface area contributed by atoms with Crippen molar-refractivity contribution >= 4 is 51.8 Å². The largest absolute Gasteiger partial charge is 0.357 e.